The second-order valence-electron chi connectivity index (χ2n) is 7.29. The van der Waals surface area contributed by atoms with E-state index in [4.69, 9.17) is 10.5 Å². The second kappa shape index (κ2) is 9.79. The largest absolute Gasteiger partial charge is 0.464 e. The quantitative estimate of drug-likeness (QED) is 0.276. The number of carbonyl (C=O) groups is 3. The van der Waals surface area contributed by atoms with Gasteiger partial charge in [-0.25, -0.2) is 14.6 Å². The minimum atomic E-state index is -1.92. The molecular weight excluding hydrogens is 400 g/mol. The first-order chi connectivity index (χ1) is 13.4. The predicted molar refractivity (Wildman–Crippen MR) is 109 cm³/mol. The van der Waals surface area contributed by atoms with Gasteiger partial charge in [0.05, 0.1) is 7.11 Å². The van der Waals surface area contributed by atoms with Gasteiger partial charge in [0.25, 0.3) is 5.91 Å². The van der Waals surface area contributed by atoms with Crippen LogP contribution >= 0.6 is 11.3 Å². The fourth-order valence-electron chi connectivity index (χ4n) is 2.22. The van der Waals surface area contributed by atoms with Crippen molar-refractivity contribution in [3.05, 3.63) is 11.1 Å². The fourth-order valence-corrected chi connectivity index (χ4v) is 2.91. The van der Waals surface area contributed by atoms with E-state index in [1.165, 1.54) is 19.6 Å². The normalized spacial score (nSPS) is 15.1. The molecule has 0 aromatic carbocycles. The summed E-state index contributed by atoms with van der Waals surface area (Å²) in [7, 11) is 2.46. The zero-order valence-electron chi connectivity index (χ0n) is 17.7. The number of anilines is 1. The van der Waals surface area contributed by atoms with Gasteiger partial charge in [0.15, 0.2) is 10.7 Å². The Morgan fingerprint density at radius 3 is 2.41 bits per heavy atom. The highest BCUT2D eigenvalue weighted by molar-refractivity contribution is 7.14. The molecule has 0 saturated heterocycles. The molecule has 162 valence electrons. The van der Waals surface area contributed by atoms with Crippen LogP contribution in [-0.2, 0) is 28.7 Å². The Morgan fingerprint density at radius 2 is 1.93 bits per heavy atom. The molecule has 29 heavy (non-hydrogen) atoms. The van der Waals surface area contributed by atoms with Crippen molar-refractivity contribution >= 4 is 40.0 Å². The van der Waals surface area contributed by atoms with Gasteiger partial charge < -0.3 is 20.0 Å². The van der Waals surface area contributed by atoms with Crippen LogP contribution in [0.25, 0.3) is 0 Å². The minimum Gasteiger partial charge on any atom is -0.464 e. The Balaban J connectivity index is 3.16. The van der Waals surface area contributed by atoms with Gasteiger partial charge in [0.2, 0.25) is 5.71 Å². The number of hydrogen-bond donors (Lipinski definition) is 2. The third-order valence-electron chi connectivity index (χ3n) is 4.03. The molecule has 1 rings (SSSR count). The number of ether oxygens (including phenoxy) is 2. The molecule has 3 N–H and O–H groups in total. The van der Waals surface area contributed by atoms with Crippen LogP contribution in [0, 0.1) is 5.92 Å². The van der Waals surface area contributed by atoms with Gasteiger partial charge in [0, 0.05) is 5.38 Å². The van der Waals surface area contributed by atoms with E-state index < -0.39 is 34.9 Å². The van der Waals surface area contributed by atoms with E-state index in [0.717, 1.165) is 11.3 Å². The molecule has 2 atom stereocenters. The van der Waals surface area contributed by atoms with Crippen molar-refractivity contribution in [1.29, 1.82) is 0 Å². The maximum Gasteiger partial charge on any atom is 0.362 e. The van der Waals surface area contributed by atoms with Crippen molar-refractivity contribution in [2.24, 2.45) is 16.8 Å². The predicted octanol–water partition coefficient (Wildman–Crippen LogP) is 1.69. The molecule has 0 aliphatic heterocycles. The molecule has 10 nitrogen and oxygen atoms in total. The Morgan fingerprint density at radius 1 is 1.31 bits per heavy atom. The molecule has 0 saturated carbocycles. The van der Waals surface area contributed by atoms with Crippen molar-refractivity contribution in [1.82, 2.24) is 4.98 Å². The number of esters is 2. The number of oxime groups is 1. The first-order valence-corrected chi connectivity index (χ1v) is 9.77. The van der Waals surface area contributed by atoms with E-state index >= 15 is 0 Å². The summed E-state index contributed by atoms with van der Waals surface area (Å²) in [6, 6.07) is 0. The molecule has 11 heteroatoms. The van der Waals surface area contributed by atoms with Gasteiger partial charge in [-0.05, 0) is 26.7 Å². The van der Waals surface area contributed by atoms with E-state index in [9.17, 15) is 14.4 Å². The number of nitrogens with one attached hydrogen (secondary N) is 1. The van der Waals surface area contributed by atoms with Crippen LogP contribution in [0.3, 0.4) is 0 Å². The summed E-state index contributed by atoms with van der Waals surface area (Å²) in [5.74, 6) is -2.84. The van der Waals surface area contributed by atoms with Gasteiger partial charge in [-0.1, -0.05) is 25.4 Å². The molecule has 0 spiro atoms. The topological polar surface area (TPSA) is 142 Å². The van der Waals surface area contributed by atoms with Crippen molar-refractivity contribution in [2.75, 3.05) is 19.5 Å². The molecule has 0 fully saturated rings. The molecule has 0 bridgehead atoms. The Kier molecular flexibility index (Phi) is 8.27. The van der Waals surface area contributed by atoms with E-state index in [-0.39, 0.29) is 16.5 Å². The second-order valence-corrected chi connectivity index (χ2v) is 8.14. The average molecular weight is 429 g/mol. The first-order valence-electron chi connectivity index (χ1n) is 8.89. The lowest BCUT2D eigenvalue weighted by atomic mass is 9.83. The van der Waals surface area contributed by atoms with Gasteiger partial charge in [-0.3, -0.25) is 10.1 Å². The molecule has 1 amide bonds. The highest BCUT2D eigenvalue weighted by Crippen LogP contribution is 2.26. The Bertz CT molecular complexity index is 786. The van der Waals surface area contributed by atoms with Crippen LogP contribution < -0.4 is 11.1 Å². The highest BCUT2D eigenvalue weighted by Gasteiger charge is 2.49. The summed E-state index contributed by atoms with van der Waals surface area (Å²) in [6.45, 7) is 8.58. The minimum absolute atomic E-state index is 0.124. The maximum atomic E-state index is 12.9. The van der Waals surface area contributed by atoms with Gasteiger partial charge in [-0.15, -0.1) is 11.3 Å². The number of rotatable bonds is 8. The summed E-state index contributed by atoms with van der Waals surface area (Å²) in [4.78, 5) is 46.2. The number of nitrogens with zero attached hydrogens (tertiary/aromatic N) is 2. The lowest BCUT2D eigenvalue weighted by Gasteiger charge is -2.33. The molecule has 0 radical (unpaired) electrons. The molecular formula is C18H28N4O6S. The van der Waals surface area contributed by atoms with Gasteiger partial charge in [-0.2, -0.15) is 0 Å². The average Bonchev–Trinajstić information content (AvgIpc) is 3.10. The van der Waals surface area contributed by atoms with E-state index in [1.807, 2.05) is 6.92 Å². The summed E-state index contributed by atoms with van der Waals surface area (Å²) in [5, 5.41) is 7.73. The third-order valence-corrected chi connectivity index (χ3v) is 4.79. The van der Waals surface area contributed by atoms with Crippen LogP contribution in [0.1, 0.15) is 46.7 Å². The van der Waals surface area contributed by atoms with Gasteiger partial charge >= 0.3 is 11.9 Å². The number of carbonyl (C=O) groups excluding carboxylic acids is 3. The van der Waals surface area contributed by atoms with Crippen molar-refractivity contribution < 1.29 is 28.7 Å². The number of nitrogens with two attached hydrogens (primary N) is 1. The Hall–Kier alpha value is -2.53. The van der Waals surface area contributed by atoms with Crippen molar-refractivity contribution in [3.8, 4) is 0 Å². The van der Waals surface area contributed by atoms with Crippen molar-refractivity contribution in [3.63, 3.8) is 0 Å². The standard InChI is InChI=1S/C18H28N4O6S/c1-8-10(2)18(19,15(25)28-17(3,4)5)14(24)21-16-20-11(9-29-16)12(22-27-7)13(23)26-6/h9-10H,8,19H2,1-7H3,(H,20,21,24)/b22-12-/t10-,18-/m0/s1. The number of thiazole rings is 1. The number of hydrogen-bond acceptors (Lipinski definition) is 10. The molecule has 1 heterocycles. The molecule has 1 aromatic heterocycles. The molecule has 1 aromatic rings. The monoisotopic (exact) mass is 428 g/mol. The summed E-state index contributed by atoms with van der Waals surface area (Å²) < 4.78 is 10.0. The van der Waals surface area contributed by atoms with E-state index in [2.05, 4.69) is 25.0 Å². The van der Waals surface area contributed by atoms with Crippen LogP contribution in [0.4, 0.5) is 5.13 Å². The molecule has 0 aliphatic carbocycles. The van der Waals surface area contributed by atoms with Crippen LogP contribution in [-0.4, -0.2) is 53.9 Å². The summed E-state index contributed by atoms with van der Waals surface area (Å²) in [6.07, 6.45) is 0.471. The molecule has 0 unspecified atom stereocenters. The lowest BCUT2D eigenvalue weighted by Crippen LogP contribution is -2.63. The van der Waals surface area contributed by atoms with Crippen LogP contribution in [0.5, 0.6) is 0 Å². The lowest BCUT2D eigenvalue weighted by molar-refractivity contribution is -0.165. The number of aromatic nitrogens is 1. The number of amides is 1. The van der Waals surface area contributed by atoms with E-state index in [0.29, 0.717) is 6.42 Å². The summed E-state index contributed by atoms with van der Waals surface area (Å²) in [5.41, 5.74) is 3.50. The van der Waals surface area contributed by atoms with Gasteiger partial charge in [0.1, 0.15) is 18.4 Å². The maximum absolute atomic E-state index is 12.9. The zero-order valence-corrected chi connectivity index (χ0v) is 18.5. The summed E-state index contributed by atoms with van der Waals surface area (Å²) >= 11 is 1.03. The van der Waals surface area contributed by atoms with Crippen molar-refractivity contribution in [2.45, 2.75) is 52.2 Å². The smallest absolute Gasteiger partial charge is 0.362 e. The number of methoxy groups -OCH3 is 1. The molecule has 0 aliphatic rings. The Labute approximate surface area is 173 Å². The highest BCUT2D eigenvalue weighted by atomic mass is 32.1. The zero-order chi connectivity index (χ0) is 22.4. The SMILES string of the molecule is CC[C@H](C)[C@](N)(C(=O)Nc1nc(/C(=N/OC)C(=O)OC)cs1)C(=O)OC(C)(C)C. The first kappa shape index (κ1) is 24.5. The third kappa shape index (κ3) is 5.97. The fraction of sp³-hybridized carbons (Fsp3) is 0.611. The van der Waals surface area contributed by atoms with Crippen LogP contribution in [0.2, 0.25) is 0 Å². The van der Waals surface area contributed by atoms with Crippen LogP contribution in [0.15, 0.2) is 10.5 Å². The van der Waals surface area contributed by atoms with E-state index in [1.54, 1.807) is 27.7 Å².